The summed E-state index contributed by atoms with van der Waals surface area (Å²) >= 11 is 0. The van der Waals surface area contributed by atoms with Gasteiger partial charge in [0.25, 0.3) is 0 Å². The molecule has 1 aromatic carbocycles. The van der Waals surface area contributed by atoms with Crippen molar-refractivity contribution in [1.29, 1.82) is 5.26 Å². The molecule has 1 atom stereocenters. The first-order valence-corrected chi connectivity index (χ1v) is 9.44. The second-order valence-corrected chi connectivity index (χ2v) is 8.25. The first-order chi connectivity index (χ1) is 10.8. The van der Waals surface area contributed by atoms with Crippen LogP contribution in [0.25, 0.3) is 0 Å². The van der Waals surface area contributed by atoms with Crippen molar-refractivity contribution < 1.29 is 13.2 Å². The molecule has 1 saturated heterocycles. The number of nitrogens with two attached hydrogens (primary N) is 1. The zero-order chi connectivity index (χ0) is 17.1. The summed E-state index contributed by atoms with van der Waals surface area (Å²) in [5.41, 5.74) is 5.72. The molecule has 0 saturated carbocycles. The molecule has 132 valence electrons. The second-order valence-electron chi connectivity index (χ2n) is 6.02. The van der Waals surface area contributed by atoms with E-state index in [1.54, 1.807) is 24.3 Å². The van der Waals surface area contributed by atoms with Crippen LogP contribution in [0, 0.1) is 11.3 Å². The van der Waals surface area contributed by atoms with E-state index >= 15 is 0 Å². The Hall–Kier alpha value is -1.62. The number of piperidine rings is 1. The molecular weight excluding hydrogens is 350 g/mol. The van der Waals surface area contributed by atoms with Crippen molar-refractivity contribution in [3.8, 4) is 6.07 Å². The third kappa shape index (κ3) is 4.26. The van der Waals surface area contributed by atoms with Gasteiger partial charge in [0.1, 0.15) is 0 Å². The molecule has 8 heteroatoms. The number of hydrogen-bond donors (Lipinski definition) is 2. The minimum atomic E-state index is -3.54. The van der Waals surface area contributed by atoms with Gasteiger partial charge in [-0.3, -0.25) is 4.79 Å². The van der Waals surface area contributed by atoms with Gasteiger partial charge in [0.05, 0.1) is 16.7 Å². The van der Waals surface area contributed by atoms with Gasteiger partial charge in [-0.25, -0.2) is 8.42 Å². The van der Waals surface area contributed by atoms with Crippen molar-refractivity contribution in [2.75, 3.05) is 19.3 Å². The number of nitrogens with zero attached hydrogens (tertiary/aromatic N) is 1. The van der Waals surface area contributed by atoms with Crippen LogP contribution in [0.5, 0.6) is 0 Å². The van der Waals surface area contributed by atoms with E-state index in [2.05, 4.69) is 11.4 Å². The molecule has 0 bridgehead atoms. The van der Waals surface area contributed by atoms with Gasteiger partial charge >= 0.3 is 0 Å². The quantitative estimate of drug-likeness (QED) is 0.807. The first-order valence-electron chi connectivity index (χ1n) is 7.49. The summed E-state index contributed by atoms with van der Waals surface area (Å²) < 4.78 is 24.4. The number of primary amides is 1. The van der Waals surface area contributed by atoms with Crippen molar-refractivity contribution in [3.63, 3.8) is 0 Å². The lowest BCUT2D eigenvalue weighted by atomic mass is 9.72. The van der Waals surface area contributed by atoms with Crippen LogP contribution in [0.3, 0.4) is 0 Å². The third-order valence-corrected chi connectivity index (χ3v) is 5.85. The Kier molecular flexibility index (Phi) is 6.78. The molecule has 2 rings (SSSR count). The number of rotatable bonds is 5. The Morgan fingerprint density at radius 3 is 2.46 bits per heavy atom. The highest BCUT2D eigenvalue weighted by Gasteiger charge is 2.38. The minimum absolute atomic E-state index is 0. The van der Waals surface area contributed by atoms with E-state index in [0.717, 1.165) is 6.26 Å². The van der Waals surface area contributed by atoms with Crippen LogP contribution >= 0.6 is 12.4 Å². The molecule has 0 radical (unpaired) electrons. The van der Waals surface area contributed by atoms with Crippen LogP contribution in [-0.2, 0) is 20.0 Å². The number of carbonyl (C=O) groups is 1. The first kappa shape index (κ1) is 20.4. The topological polar surface area (TPSA) is 113 Å². The van der Waals surface area contributed by atoms with Crippen LogP contribution in [0.2, 0.25) is 0 Å². The molecule has 1 aromatic rings. The standard InChI is InChI=1S/C16H21N3O3S.ClH/c1-23(21,22)14(10-15(18)20)12-4-2-3-5-13(12)16(11-17)6-8-19-9-7-16;/h2-5,14,19H,6-10H2,1H3,(H2,18,20);1H. The summed E-state index contributed by atoms with van der Waals surface area (Å²) in [4.78, 5) is 11.3. The molecule has 1 unspecified atom stereocenters. The Balaban J connectivity index is 0.00000288. The predicted octanol–water partition coefficient (Wildman–Crippen LogP) is 1.21. The highest BCUT2D eigenvalue weighted by atomic mass is 35.5. The maximum Gasteiger partial charge on any atom is 0.219 e. The average molecular weight is 372 g/mol. The van der Waals surface area contributed by atoms with E-state index in [-0.39, 0.29) is 18.8 Å². The highest BCUT2D eigenvalue weighted by Crippen LogP contribution is 2.39. The van der Waals surface area contributed by atoms with Gasteiger partial charge in [-0.1, -0.05) is 24.3 Å². The van der Waals surface area contributed by atoms with Crippen LogP contribution in [0.1, 0.15) is 35.6 Å². The lowest BCUT2D eigenvalue weighted by Crippen LogP contribution is -2.40. The number of nitriles is 1. The molecule has 0 aromatic heterocycles. The monoisotopic (exact) mass is 371 g/mol. The second kappa shape index (κ2) is 7.97. The van der Waals surface area contributed by atoms with Gasteiger partial charge in [0.15, 0.2) is 9.84 Å². The number of carbonyl (C=O) groups excluding carboxylic acids is 1. The molecule has 0 spiro atoms. The summed E-state index contributed by atoms with van der Waals surface area (Å²) in [6.07, 6.45) is 2.02. The van der Waals surface area contributed by atoms with Crippen LogP contribution in [0.15, 0.2) is 24.3 Å². The van der Waals surface area contributed by atoms with Gasteiger partial charge < -0.3 is 11.1 Å². The summed E-state index contributed by atoms with van der Waals surface area (Å²) in [5, 5.41) is 12.0. The lowest BCUT2D eigenvalue weighted by Gasteiger charge is -2.34. The number of nitrogens with one attached hydrogen (secondary N) is 1. The molecule has 0 aliphatic carbocycles. The van der Waals surface area contributed by atoms with E-state index < -0.39 is 26.4 Å². The molecule has 1 amide bonds. The Bertz CT molecular complexity index is 737. The van der Waals surface area contributed by atoms with Gasteiger partial charge in [-0.2, -0.15) is 5.26 Å². The van der Waals surface area contributed by atoms with Crippen molar-refractivity contribution in [2.24, 2.45) is 5.73 Å². The Morgan fingerprint density at radius 1 is 1.38 bits per heavy atom. The normalized spacial score (nSPS) is 18.0. The number of amides is 1. The number of benzene rings is 1. The summed E-state index contributed by atoms with van der Waals surface area (Å²) in [6.45, 7) is 1.39. The van der Waals surface area contributed by atoms with Crippen LogP contribution in [0.4, 0.5) is 0 Å². The van der Waals surface area contributed by atoms with E-state index in [4.69, 9.17) is 5.73 Å². The summed E-state index contributed by atoms with van der Waals surface area (Å²) in [5.74, 6) is -0.674. The molecule has 6 nitrogen and oxygen atoms in total. The minimum Gasteiger partial charge on any atom is -0.370 e. The maximum atomic E-state index is 12.2. The fraction of sp³-hybridized carbons (Fsp3) is 0.500. The molecular formula is C16H22ClN3O3S. The fourth-order valence-electron chi connectivity index (χ4n) is 3.18. The molecule has 3 N–H and O–H groups in total. The van der Waals surface area contributed by atoms with Crippen molar-refractivity contribution in [2.45, 2.75) is 29.9 Å². The SMILES string of the molecule is CS(=O)(=O)C(CC(N)=O)c1ccccc1C1(C#N)CCNCC1.Cl. The van der Waals surface area contributed by atoms with Crippen molar-refractivity contribution in [3.05, 3.63) is 35.4 Å². The Morgan fingerprint density at radius 2 is 1.96 bits per heavy atom. The van der Waals surface area contributed by atoms with Crippen molar-refractivity contribution >= 4 is 28.2 Å². The maximum absolute atomic E-state index is 12.2. The van der Waals surface area contributed by atoms with Gasteiger partial charge in [-0.05, 0) is 37.1 Å². The van der Waals surface area contributed by atoms with Gasteiger partial charge in [0.2, 0.25) is 5.91 Å². The smallest absolute Gasteiger partial charge is 0.219 e. The lowest BCUT2D eigenvalue weighted by molar-refractivity contribution is -0.118. The molecule has 1 heterocycles. The van der Waals surface area contributed by atoms with Crippen LogP contribution < -0.4 is 11.1 Å². The molecule has 24 heavy (non-hydrogen) atoms. The van der Waals surface area contributed by atoms with E-state index in [1.165, 1.54) is 0 Å². The molecule has 1 fully saturated rings. The molecule has 1 aliphatic rings. The summed E-state index contributed by atoms with van der Waals surface area (Å²) in [7, 11) is -3.54. The predicted molar refractivity (Wildman–Crippen MR) is 94.5 cm³/mol. The number of sulfone groups is 1. The largest absolute Gasteiger partial charge is 0.370 e. The fourth-order valence-corrected chi connectivity index (χ4v) is 4.32. The zero-order valence-corrected chi connectivity index (χ0v) is 15.1. The van der Waals surface area contributed by atoms with Crippen LogP contribution in [-0.4, -0.2) is 33.7 Å². The van der Waals surface area contributed by atoms with E-state index in [9.17, 15) is 18.5 Å². The highest BCUT2D eigenvalue weighted by molar-refractivity contribution is 7.91. The van der Waals surface area contributed by atoms with Gasteiger partial charge in [-0.15, -0.1) is 12.4 Å². The third-order valence-electron chi connectivity index (χ3n) is 4.40. The number of hydrogen-bond acceptors (Lipinski definition) is 5. The van der Waals surface area contributed by atoms with E-state index in [0.29, 0.717) is 37.1 Å². The van der Waals surface area contributed by atoms with E-state index in [1.807, 2.05) is 0 Å². The van der Waals surface area contributed by atoms with Gasteiger partial charge in [0, 0.05) is 12.7 Å². The zero-order valence-electron chi connectivity index (χ0n) is 13.5. The van der Waals surface area contributed by atoms with Crippen molar-refractivity contribution in [1.82, 2.24) is 5.32 Å². The summed E-state index contributed by atoms with van der Waals surface area (Å²) in [6, 6.07) is 9.38. The molecule has 1 aliphatic heterocycles. The Labute approximate surface area is 148 Å². The number of halogens is 1. The average Bonchev–Trinajstić information content (AvgIpc) is 2.52.